The van der Waals surface area contributed by atoms with Crippen LogP contribution in [0.3, 0.4) is 0 Å². The first-order chi connectivity index (χ1) is 8.93. The number of benzene rings is 1. The van der Waals surface area contributed by atoms with Crippen LogP contribution in [0, 0.1) is 0 Å². The molecular weight excluding hydrogens is 295 g/mol. The van der Waals surface area contributed by atoms with Crippen LogP contribution in [-0.4, -0.2) is 36.5 Å². The topological polar surface area (TPSA) is 32.3 Å². The maximum absolute atomic E-state index is 12.8. The third-order valence-electron chi connectivity index (χ3n) is 3.74. The van der Waals surface area contributed by atoms with Crippen LogP contribution < -0.4 is 5.32 Å². The molecule has 0 saturated carbocycles. The van der Waals surface area contributed by atoms with E-state index in [2.05, 4.69) is 12.2 Å². The lowest BCUT2D eigenvalue weighted by atomic mass is 9.83. The lowest BCUT2D eigenvalue weighted by molar-refractivity contribution is -0.137. The van der Waals surface area contributed by atoms with Gasteiger partial charge in [-0.3, -0.25) is 4.79 Å². The average molecular weight is 317 g/mol. The molecule has 1 saturated heterocycles. The Morgan fingerprint density at radius 2 is 2.05 bits per heavy atom. The Labute approximate surface area is 132 Å². The number of nitrogens with one attached hydrogen (secondary N) is 1. The van der Waals surface area contributed by atoms with Crippen molar-refractivity contribution in [3.05, 3.63) is 34.9 Å². The van der Waals surface area contributed by atoms with Gasteiger partial charge in [0, 0.05) is 30.7 Å². The Bertz CT molecular complexity index is 477. The van der Waals surface area contributed by atoms with Crippen molar-refractivity contribution in [1.82, 2.24) is 10.2 Å². The normalized spacial score (nSPS) is 19.4. The maximum atomic E-state index is 12.8. The second kappa shape index (κ2) is 6.79. The summed E-state index contributed by atoms with van der Waals surface area (Å²) in [6.07, 6.45) is 0. The highest BCUT2D eigenvalue weighted by molar-refractivity contribution is 6.31. The Kier molecular flexibility index (Phi) is 5.87. The minimum atomic E-state index is -0.588. The fourth-order valence-electron chi connectivity index (χ4n) is 2.60. The summed E-state index contributed by atoms with van der Waals surface area (Å²) in [5.74, 6) is 0.147. The molecular formula is C15H22Cl2N2O. The fraction of sp³-hybridized carbons (Fsp3) is 0.533. The summed E-state index contributed by atoms with van der Waals surface area (Å²) in [5, 5.41) is 4.01. The molecule has 1 amide bonds. The molecule has 20 heavy (non-hydrogen) atoms. The van der Waals surface area contributed by atoms with Crippen molar-refractivity contribution in [2.45, 2.75) is 32.2 Å². The van der Waals surface area contributed by atoms with Gasteiger partial charge in [0.15, 0.2) is 0 Å². The van der Waals surface area contributed by atoms with Crippen molar-refractivity contribution in [2.75, 3.05) is 19.6 Å². The Morgan fingerprint density at radius 3 is 2.65 bits per heavy atom. The second-order valence-electron chi connectivity index (χ2n) is 5.71. The summed E-state index contributed by atoms with van der Waals surface area (Å²) in [7, 11) is 0. The first kappa shape index (κ1) is 17.3. The number of rotatable bonds is 2. The Balaban J connectivity index is 0.00000200. The van der Waals surface area contributed by atoms with Crippen molar-refractivity contribution in [1.29, 1.82) is 0 Å². The van der Waals surface area contributed by atoms with Crippen LogP contribution >= 0.6 is 24.0 Å². The summed E-state index contributed by atoms with van der Waals surface area (Å²) in [5.41, 5.74) is 0.308. The minimum absolute atomic E-state index is 0. The van der Waals surface area contributed by atoms with Gasteiger partial charge >= 0.3 is 0 Å². The molecule has 0 bridgehead atoms. The quantitative estimate of drug-likeness (QED) is 0.910. The van der Waals surface area contributed by atoms with E-state index in [4.69, 9.17) is 11.6 Å². The van der Waals surface area contributed by atoms with Crippen LogP contribution in [0.15, 0.2) is 24.3 Å². The molecule has 0 aromatic heterocycles. The molecule has 2 rings (SSSR count). The highest BCUT2D eigenvalue weighted by Gasteiger charge is 2.36. The first-order valence-electron chi connectivity index (χ1n) is 6.70. The maximum Gasteiger partial charge on any atom is 0.232 e. The van der Waals surface area contributed by atoms with Gasteiger partial charge in [-0.15, -0.1) is 12.4 Å². The standard InChI is InChI=1S/C15H21ClN2O.ClH/c1-11-10-18(9-8-17-11)14(19)15(2,3)12-6-4-5-7-13(12)16;/h4-7,11,17H,8-10H2,1-3H3;1H. The van der Waals surface area contributed by atoms with Gasteiger partial charge < -0.3 is 10.2 Å². The van der Waals surface area contributed by atoms with Crippen molar-refractivity contribution in [3.63, 3.8) is 0 Å². The second-order valence-corrected chi connectivity index (χ2v) is 6.12. The average Bonchev–Trinajstić information content (AvgIpc) is 2.38. The number of halogens is 2. The lowest BCUT2D eigenvalue weighted by Gasteiger charge is -2.37. The predicted molar refractivity (Wildman–Crippen MR) is 85.8 cm³/mol. The molecule has 1 aromatic carbocycles. The molecule has 1 fully saturated rings. The highest BCUT2D eigenvalue weighted by Crippen LogP contribution is 2.31. The molecule has 0 spiro atoms. The molecule has 1 aliphatic rings. The molecule has 1 unspecified atom stereocenters. The van der Waals surface area contributed by atoms with Crippen LogP contribution in [0.4, 0.5) is 0 Å². The van der Waals surface area contributed by atoms with Gasteiger partial charge in [0.25, 0.3) is 0 Å². The Morgan fingerprint density at radius 1 is 1.40 bits per heavy atom. The molecule has 1 N–H and O–H groups in total. The number of carbonyl (C=O) groups is 1. The minimum Gasteiger partial charge on any atom is -0.339 e. The smallest absolute Gasteiger partial charge is 0.232 e. The SMILES string of the molecule is CC1CN(C(=O)C(C)(C)c2ccccc2Cl)CCN1.Cl. The molecule has 1 aromatic rings. The third-order valence-corrected chi connectivity index (χ3v) is 4.07. The molecule has 1 heterocycles. The van der Waals surface area contributed by atoms with Gasteiger partial charge in [-0.05, 0) is 32.4 Å². The third kappa shape index (κ3) is 3.46. The van der Waals surface area contributed by atoms with E-state index in [1.165, 1.54) is 0 Å². The van der Waals surface area contributed by atoms with Gasteiger partial charge in [-0.2, -0.15) is 0 Å². The van der Waals surface area contributed by atoms with E-state index in [1.54, 1.807) is 0 Å². The fourth-order valence-corrected chi connectivity index (χ4v) is 2.97. The van der Waals surface area contributed by atoms with Crippen molar-refractivity contribution >= 4 is 29.9 Å². The highest BCUT2D eigenvalue weighted by atomic mass is 35.5. The zero-order valence-electron chi connectivity index (χ0n) is 12.1. The summed E-state index contributed by atoms with van der Waals surface area (Å²) in [6, 6.07) is 7.94. The number of hydrogen-bond acceptors (Lipinski definition) is 2. The van der Waals surface area contributed by atoms with Gasteiger partial charge in [-0.25, -0.2) is 0 Å². The monoisotopic (exact) mass is 316 g/mol. The van der Waals surface area contributed by atoms with Crippen molar-refractivity contribution in [2.24, 2.45) is 0 Å². The molecule has 112 valence electrons. The van der Waals surface area contributed by atoms with Crippen molar-refractivity contribution in [3.8, 4) is 0 Å². The van der Waals surface area contributed by atoms with E-state index >= 15 is 0 Å². The van der Waals surface area contributed by atoms with E-state index in [9.17, 15) is 4.79 Å². The molecule has 0 radical (unpaired) electrons. The summed E-state index contributed by atoms with van der Waals surface area (Å²) >= 11 is 6.24. The van der Waals surface area contributed by atoms with Crippen LogP contribution in [-0.2, 0) is 10.2 Å². The Hall–Kier alpha value is -0.770. The summed E-state index contributed by atoms with van der Waals surface area (Å²) < 4.78 is 0. The summed E-state index contributed by atoms with van der Waals surface area (Å²) in [4.78, 5) is 14.7. The van der Waals surface area contributed by atoms with E-state index in [0.29, 0.717) is 11.1 Å². The zero-order valence-corrected chi connectivity index (χ0v) is 13.7. The number of hydrogen-bond donors (Lipinski definition) is 1. The van der Waals surface area contributed by atoms with Gasteiger partial charge in [0.1, 0.15) is 0 Å². The van der Waals surface area contributed by atoms with Crippen molar-refractivity contribution < 1.29 is 4.79 Å². The molecule has 0 aliphatic carbocycles. The number of carbonyl (C=O) groups excluding carboxylic acids is 1. The number of amides is 1. The predicted octanol–water partition coefficient (Wildman–Crippen LogP) is 2.86. The van der Waals surface area contributed by atoms with Gasteiger partial charge in [0.2, 0.25) is 5.91 Å². The van der Waals surface area contributed by atoms with E-state index in [0.717, 1.165) is 25.2 Å². The van der Waals surface area contributed by atoms with Crippen LogP contribution in [0.2, 0.25) is 5.02 Å². The van der Waals surface area contributed by atoms with Crippen LogP contribution in [0.25, 0.3) is 0 Å². The van der Waals surface area contributed by atoms with E-state index in [-0.39, 0.29) is 18.3 Å². The van der Waals surface area contributed by atoms with Crippen LogP contribution in [0.1, 0.15) is 26.3 Å². The zero-order chi connectivity index (χ0) is 14.0. The van der Waals surface area contributed by atoms with Gasteiger partial charge in [-0.1, -0.05) is 29.8 Å². The molecule has 3 nitrogen and oxygen atoms in total. The lowest BCUT2D eigenvalue weighted by Crippen LogP contribution is -2.55. The first-order valence-corrected chi connectivity index (χ1v) is 7.08. The largest absolute Gasteiger partial charge is 0.339 e. The van der Waals surface area contributed by atoms with Gasteiger partial charge in [0.05, 0.1) is 5.41 Å². The van der Waals surface area contributed by atoms with E-state index in [1.807, 2.05) is 43.0 Å². The molecule has 5 heteroatoms. The van der Waals surface area contributed by atoms with E-state index < -0.39 is 5.41 Å². The van der Waals surface area contributed by atoms with Crippen LogP contribution in [0.5, 0.6) is 0 Å². The number of nitrogens with zero attached hydrogens (tertiary/aromatic N) is 1. The summed E-state index contributed by atoms with van der Waals surface area (Å²) in [6.45, 7) is 8.36. The number of piperazine rings is 1. The molecule has 1 atom stereocenters. The molecule has 1 aliphatic heterocycles.